The summed E-state index contributed by atoms with van der Waals surface area (Å²) in [7, 11) is 0. The first-order chi connectivity index (χ1) is 12.2. The maximum absolute atomic E-state index is 12.9. The van der Waals surface area contributed by atoms with Gasteiger partial charge in [-0.1, -0.05) is 54.1 Å². The van der Waals surface area contributed by atoms with Crippen molar-refractivity contribution in [3.05, 3.63) is 81.5 Å². The smallest absolute Gasteiger partial charge is 0.262 e. The van der Waals surface area contributed by atoms with Gasteiger partial charge in [0.05, 0.1) is 10.9 Å². The van der Waals surface area contributed by atoms with E-state index in [9.17, 15) is 4.79 Å². The fourth-order valence-electron chi connectivity index (χ4n) is 3.57. The molecule has 1 aliphatic rings. The van der Waals surface area contributed by atoms with Crippen molar-refractivity contribution in [2.24, 2.45) is 0 Å². The van der Waals surface area contributed by atoms with Gasteiger partial charge in [-0.2, -0.15) is 0 Å². The van der Waals surface area contributed by atoms with Crippen molar-refractivity contribution in [1.82, 2.24) is 5.32 Å². The summed E-state index contributed by atoms with van der Waals surface area (Å²) in [6.07, 6.45) is 3.24. The highest BCUT2D eigenvalue weighted by Gasteiger charge is 2.23. The van der Waals surface area contributed by atoms with Crippen LogP contribution in [0, 0.1) is 6.92 Å². The Labute approximate surface area is 152 Å². The molecule has 126 valence electrons. The van der Waals surface area contributed by atoms with Crippen molar-refractivity contribution in [1.29, 1.82) is 0 Å². The molecule has 3 heteroatoms. The molecule has 3 aromatic rings. The van der Waals surface area contributed by atoms with E-state index in [0.717, 1.165) is 35.3 Å². The lowest BCUT2D eigenvalue weighted by Crippen LogP contribution is -2.30. The zero-order chi connectivity index (χ0) is 17.2. The van der Waals surface area contributed by atoms with Crippen LogP contribution in [0.3, 0.4) is 0 Å². The van der Waals surface area contributed by atoms with Crippen LogP contribution in [0.2, 0.25) is 0 Å². The number of hydrogen-bond donors (Lipinski definition) is 1. The predicted octanol–water partition coefficient (Wildman–Crippen LogP) is 5.53. The number of nitrogens with one attached hydrogen (secondary N) is 1. The van der Waals surface area contributed by atoms with Gasteiger partial charge in [-0.05, 0) is 54.3 Å². The molecule has 1 heterocycles. The lowest BCUT2D eigenvalue weighted by atomic mass is 9.87. The van der Waals surface area contributed by atoms with E-state index in [1.807, 2.05) is 11.4 Å². The molecule has 4 rings (SSSR count). The fraction of sp³-hybridized carbons (Fsp3) is 0.227. The van der Waals surface area contributed by atoms with E-state index in [4.69, 9.17) is 0 Å². The summed E-state index contributed by atoms with van der Waals surface area (Å²) >= 11 is 1.51. The molecule has 0 aliphatic heterocycles. The summed E-state index contributed by atoms with van der Waals surface area (Å²) in [5.74, 6) is 0.0345. The maximum atomic E-state index is 12.9. The van der Waals surface area contributed by atoms with E-state index >= 15 is 0 Å². The molecule has 1 N–H and O–H groups in total. The number of carbonyl (C=O) groups excluding carboxylic acids is 1. The molecular weight excluding hydrogens is 326 g/mol. The Hall–Kier alpha value is -2.39. The quantitative estimate of drug-likeness (QED) is 0.663. The molecule has 1 aromatic heterocycles. The van der Waals surface area contributed by atoms with E-state index < -0.39 is 0 Å². The van der Waals surface area contributed by atoms with Crippen LogP contribution in [0.1, 0.15) is 45.2 Å². The highest BCUT2D eigenvalue weighted by Crippen LogP contribution is 2.32. The number of benzene rings is 2. The van der Waals surface area contributed by atoms with Gasteiger partial charge in [0.2, 0.25) is 0 Å². The van der Waals surface area contributed by atoms with Gasteiger partial charge >= 0.3 is 0 Å². The number of carbonyl (C=O) groups is 1. The maximum Gasteiger partial charge on any atom is 0.262 e. The lowest BCUT2D eigenvalue weighted by molar-refractivity contribution is 0.0937. The topological polar surface area (TPSA) is 29.1 Å². The molecule has 25 heavy (non-hydrogen) atoms. The fourth-order valence-corrected chi connectivity index (χ4v) is 4.39. The van der Waals surface area contributed by atoms with E-state index in [1.54, 1.807) is 0 Å². The van der Waals surface area contributed by atoms with Gasteiger partial charge in [0, 0.05) is 5.56 Å². The minimum atomic E-state index is 0.0345. The average Bonchev–Trinajstić information content (AvgIpc) is 3.12. The van der Waals surface area contributed by atoms with E-state index in [1.165, 1.54) is 28.0 Å². The van der Waals surface area contributed by atoms with Crippen molar-refractivity contribution in [2.75, 3.05) is 0 Å². The second kappa shape index (κ2) is 6.85. The third-order valence-electron chi connectivity index (χ3n) is 4.91. The zero-order valence-corrected chi connectivity index (χ0v) is 15.1. The number of aryl methyl sites for hydroxylation is 2. The monoisotopic (exact) mass is 347 g/mol. The summed E-state index contributed by atoms with van der Waals surface area (Å²) in [5, 5.41) is 5.27. The number of rotatable bonds is 3. The Balaban J connectivity index is 1.59. The van der Waals surface area contributed by atoms with Crippen LogP contribution in [0.5, 0.6) is 0 Å². The van der Waals surface area contributed by atoms with Crippen molar-refractivity contribution in [3.63, 3.8) is 0 Å². The van der Waals surface area contributed by atoms with Gasteiger partial charge in [0.15, 0.2) is 0 Å². The largest absolute Gasteiger partial charge is 0.345 e. The Morgan fingerprint density at radius 3 is 2.72 bits per heavy atom. The second-order valence-electron chi connectivity index (χ2n) is 6.65. The molecule has 1 amide bonds. The zero-order valence-electron chi connectivity index (χ0n) is 14.3. The molecule has 2 nitrogen and oxygen atoms in total. The number of thiophene rings is 1. The van der Waals surface area contributed by atoms with Crippen molar-refractivity contribution >= 4 is 17.2 Å². The van der Waals surface area contributed by atoms with Gasteiger partial charge in [0.25, 0.3) is 5.91 Å². The van der Waals surface area contributed by atoms with Crippen LogP contribution in [0.15, 0.2) is 60.0 Å². The third-order valence-corrected chi connectivity index (χ3v) is 5.82. The summed E-state index contributed by atoms with van der Waals surface area (Å²) in [6, 6.07) is 19.0. The van der Waals surface area contributed by atoms with Crippen LogP contribution < -0.4 is 5.32 Å². The molecule has 0 unspecified atom stereocenters. The van der Waals surface area contributed by atoms with Crippen molar-refractivity contribution in [2.45, 2.75) is 32.2 Å². The molecule has 0 spiro atoms. The predicted molar refractivity (Wildman–Crippen MR) is 104 cm³/mol. The van der Waals surface area contributed by atoms with Gasteiger partial charge in [0.1, 0.15) is 0 Å². The molecule has 0 radical (unpaired) electrons. The SMILES string of the molecule is Cc1ccc(-c2ccsc2C(=O)N[C@H]2CCCc3ccccc32)cc1. The molecule has 2 aromatic carbocycles. The molecule has 1 atom stereocenters. The summed E-state index contributed by atoms with van der Waals surface area (Å²) in [4.78, 5) is 13.7. The van der Waals surface area contributed by atoms with E-state index in [-0.39, 0.29) is 11.9 Å². The van der Waals surface area contributed by atoms with E-state index in [2.05, 4.69) is 60.8 Å². The molecule has 0 fully saturated rings. The number of amides is 1. The van der Waals surface area contributed by atoms with Crippen LogP contribution >= 0.6 is 11.3 Å². The lowest BCUT2D eigenvalue weighted by Gasteiger charge is -2.26. The first kappa shape index (κ1) is 16.1. The van der Waals surface area contributed by atoms with Crippen molar-refractivity contribution < 1.29 is 4.79 Å². The van der Waals surface area contributed by atoms with Crippen LogP contribution in [-0.4, -0.2) is 5.91 Å². The van der Waals surface area contributed by atoms with Gasteiger partial charge in [-0.25, -0.2) is 0 Å². The summed E-state index contributed by atoms with van der Waals surface area (Å²) in [5.41, 5.74) is 5.98. The normalized spacial score (nSPS) is 16.3. The minimum Gasteiger partial charge on any atom is -0.345 e. The third kappa shape index (κ3) is 3.24. The van der Waals surface area contributed by atoms with Gasteiger partial charge in [-0.3, -0.25) is 4.79 Å². The molecular formula is C22H21NOS. The first-order valence-corrected chi connectivity index (χ1v) is 9.63. The number of fused-ring (bicyclic) bond motifs is 1. The first-order valence-electron chi connectivity index (χ1n) is 8.75. The molecule has 0 bridgehead atoms. The Morgan fingerprint density at radius 1 is 1.08 bits per heavy atom. The molecule has 0 saturated heterocycles. The number of hydrogen-bond acceptors (Lipinski definition) is 2. The van der Waals surface area contributed by atoms with E-state index in [0.29, 0.717) is 0 Å². The summed E-state index contributed by atoms with van der Waals surface area (Å²) in [6.45, 7) is 2.07. The van der Waals surface area contributed by atoms with Gasteiger partial charge < -0.3 is 5.32 Å². The Kier molecular flexibility index (Phi) is 4.41. The molecule has 1 aliphatic carbocycles. The molecule has 0 saturated carbocycles. The van der Waals surface area contributed by atoms with Crippen molar-refractivity contribution in [3.8, 4) is 11.1 Å². The van der Waals surface area contributed by atoms with Gasteiger partial charge in [-0.15, -0.1) is 11.3 Å². The van der Waals surface area contributed by atoms with Crippen LogP contribution in [0.25, 0.3) is 11.1 Å². The minimum absolute atomic E-state index is 0.0345. The Bertz CT molecular complexity index is 894. The average molecular weight is 347 g/mol. The Morgan fingerprint density at radius 2 is 1.88 bits per heavy atom. The van der Waals surface area contributed by atoms with Crippen LogP contribution in [-0.2, 0) is 6.42 Å². The second-order valence-corrected chi connectivity index (χ2v) is 7.56. The standard InChI is InChI=1S/C22H21NOS/c1-15-9-11-17(12-10-15)19-13-14-25-21(19)22(24)23-20-8-4-6-16-5-2-3-7-18(16)20/h2-3,5,7,9-14,20H,4,6,8H2,1H3,(H,23,24)/t20-/m0/s1. The summed E-state index contributed by atoms with van der Waals surface area (Å²) < 4.78 is 0. The van der Waals surface area contributed by atoms with Crippen LogP contribution in [0.4, 0.5) is 0 Å². The highest BCUT2D eigenvalue weighted by atomic mass is 32.1. The highest BCUT2D eigenvalue weighted by molar-refractivity contribution is 7.12.